The maximum atomic E-state index is 14.5. The van der Waals surface area contributed by atoms with Gasteiger partial charge < -0.3 is 0 Å². The molecule has 0 N–H and O–H groups in total. The van der Waals surface area contributed by atoms with Gasteiger partial charge in [0.15, 0.2) is 0 Å². The van der Waals surface area contributed by atoms with Gasteiger partial charge in [0.1, 0.15) is 11.6 Å². The van der Waals surface area contributed by atoms with E-state index in [1.165, 1.54) is 18.2 Å². The Morgan fingerprint density at radius 2 is 1.82 bits per heavy atom. The van der Waals surface area contributed by atoms with E-state index in [9.17, 15) is 13.0 Å². The van der Waals surface area contributed by atoms with E-state index in [1.54, 1.807) is 30.9 Å². The van der Waals surface area contributed by atoms with Crippen LogP contribution in [0.15, 0.2) is 55.0 Å². The molecule has 0 spiro atoms. The van der Waals surface area contributed by atoms with Gasteiger partial charge in [-0.2, -0.15) is 5.10 Å². The van der Waals surface area contributed by atoms with E-state index in [4.69, 9.17) is 4.98 Å². The highest BCUT2D eigenvalue weighted by Gasteiger charge is 2.65. The number of nitrogens with zero attached hydrogens (tertiary/aromatic N) is 5. The van der Waals surface area contributed by atoms with Crippen molar-refractivity contribution >= 4 is 15.4 Å². The lowest BCUT2D eigenvalue weighted by molar-refractivity contribution is 0.242. The lowest BCUT2D eigenvalue weighted by Crippen LogP contribution is -2.38. The summed E-state index contributed by atoms with van der Waals surface area (Å²) in [6, 6.07) is 9.48. The molecule has 1 aromatic carbocycles. The molecule has 3 atom stereocenters. The van der Waals surface area contributed by atoms with Crippen molar-refractivity contribution in [2.45, 2.75) is 44.4 Å². The van der Waals surface area contributed by atoms with Crippen molar-refractivity contribution in [1.82, 2.24) is 25.1 Å². The Hall–Kier alpha value is -3.59. The van der Waals surface area contributed by atoms with E-state index in [-0.39, 0.29) is 22.6 Å². The Kier molecular flexibility index (Phi) is 5.91. The van der Waals surface area contributed by atoms with Crippen LogP contribution in [0.1, 0.15) is 55.3 Å². The fourth-order valence-corrected chi connectivity index (χ4v) is 7.15. The van der Waals surface area contributed by atoms with Crippen LogP contribution in [0.4, 0.5) is 8.78 Å². The minimum Gasteiger partial charge on any atom is -0.268 e. The zero-order valence-corrected chi connectivity index (χ0v) is 22.9. The van der Waals surface area contributed by atoms with Crippen molar-refractivity contribution in [3.05, 3.63) is 89.3 Å². The Bertz CT molecular complexity index is 1680. The molecule has 39 heavy (non-hydrogen) atoms. The molecule has 1 saturated carbocycles. The molecule has 9 heteroatoms. The first-order valence-electron chi connectivity index (χ1n) is 12.9. The predicted molar refractivity (Wildman–Crippen MR) is 149 cm³/mol. The van der Waals surface area contributed by atoms with Crippen LogP contribution in [-0.4, -0.2) is 47.2 Å². The summed E-state index contributed by atoms with van der Waals surface area (Å²) in [5.74, 6) is 3.02. The molecule has 2 bridgehead atoms. The number of hydrogen-bond acceptors (Lipinski definition) is 6. The molecule has 1 unspecified atom stereocenters. The second-order valence-electron chi connectivity index (χ2n) is 11.3. The fraction of sp³-hybridized carbons (Fsp3) is 0.333. The van der Waals surface area contributed by atoms with E-state index in [0.29, 0.717) is 17.9 Å². The standard InChI is InChI=1S/C30H29F2N5OS/c1-29(2)21-10-12-30(29,28-20(21)14-24(36-37-28)27-22(31)6-5-7-23(27)32)26-17-33-16-25(35-26)18-8-9-19(34-15-18)11-13-39(3,4)38/h5-9,14-17,21H,3,10-13H2,1-2,4H3/t21-,30-,39?/m0/s1. The molecule has 0 saturated heterocycles. The molecule has 1 fully saturated rings. The molecule has 0 aliphatic heterocycles. The summed E-state index contributed by atoms with van der Waals surface area (Å²) in [4.78, 5) is 14.2. The van der Waals surface area contributed by atoms with Gasteiger partial charge in [0.2, 0.25) is 0 Å². The van der Waals surface area contributed by atoms with Crippen LogP contribution in [-0.2, 0) is 21.4 Å². The fourth-order valence-electron chi connectivity index (χ4n) is 6.51. The second-order valence-corrected chi connectivity index (χ2v) is 14.1. The van der Waals surface area contributed by atoms with Gasteiger partial charge in [0.25, 0.3) is 0 Å². The molecular formula is C30H29F2N5OS. The van der Waals surface area contributed by atoms with Crippen LogP contribution in [0.25, 0.3) is 22.5 Å². The van der Waals surface area contributed by atoms with E-state index >= 15 is 0 Å². The van der Waals surface area contributed by atoms with Gasteiger partial charge in [0.05, 0.1) is 40.0 Å². The zero-order valence-electron chi connectivity index (χ0n) is 22.1. The monoisotopic (exact) mass is 545 g/mol. The Morgan fingerprint density at radius 3 is 2.51 bits per heavy atom. The second kappa shape index (κ2) is 8.98. The minimum atomic E-state index is -2.07. The van der Waals surface area contributed by atoms with Crippen LogP contribution in [0.5, 0.6) is 0 Å². The summed E-state index contributed by atoms with van der Waals surface area (Å²) in [5.41, 5.74) is 4.21. The zero-order chi connectivity index (χ0) is 27.6. The maximum Gasteiger partial charge on any atom is 0.135 e. The summed E-state index contributed by atoms with van der Waals surface area (Å²) in [6.45, 7) is 4.41. The third-order valence-corrected chi connectivity index (χ3v) is 9.65. The average Bonchev–Trinajstić information content (AvgIpc) is 3.28. The minimum absolute atomic E-state index is 0.143. The van der Waals surface area contributed by atoms with Crippen LogP contribution in [0, 0.1) is 17.0 Å². The lowest BCUT2D eigenvalue weighted by Gasteiger charge is -2.37. The molecule has 200 valence electrons. The number of aromatic nitrogens is 5. The van der Waals surface area contributed by atoms with Gasteiger partial charge in [0, 0.05) is 42.1 Å². The highest BCUT2D eigenvalue weighted by Crippen LogP contribution is 2.69. The number of benzene rings is 1. The molecule has 6 nitrogen and oxygen atoms in total. The van der Waals surface area contributed by atoms with Crippen molar-refractivity contribution in [3.8, 4) is 22.5 Å². The maximum absolute atomic E-state index is 14.5. The summed E-state index contributed by atoms with van der Waals surface area (Å²) in [5, 5.41) is 8.92. The first-order valence-corrected chi connectivity index (χ1v) is 15.2. The number of pyridine rings is 1. The SMILES string of the molecule is C=S(C)(=O)CCc1ccc(-c2cncc([C@@]34CC[C@@H](c5cc(-c6c(F)cccc6F)nnc53)C4(C)C)n2)cn1. The van der Waals surface area contributed by atoms with Gasteiger partial charge in [-0.05, 0) is 75.5 Å². The Balaban J connectivity index is 1.39. The first kappa shape index (κ1) is 25.7. The quantitative estimate of drug-likeness (QED) is 0.303. The van der Waals surface area contributed by atoms with Crippen molar-refractivity contribution in [2.75, 3.05) is 12.0 Å². The van der Waals surface area contributed by atoms with E-state index in [2.05, 4.69) is 39.9 Å². The number of rotatable bonds is 6. The highest BCUT2D eigenvalue weighted by molar-refractivity contribution is 7.99. The normalized spacial score (nSPS) is 22.4. The van der Waals surface area contributed by atoms with Crippen LogP contribution in [0.2, 0.25) is 0 Å². The summed E-state index contributed by atoms with van der Waals surface area (Å²) in [6.07, 6.45) is 9.26. The third kappa shape index (κ3) is 4.06. The van der Waals surface area contributed by atoms with Crippen LogP contribution >= 0.6 is 0 Å². The molecule has 6 rings (SSSR count). The molecule has 4 aromatic rings. The first-order chi connectivity index (χ1) is 18.5. The van der Waals surface area contributed by atoms with Gasteiger partial charge in [-0.25, -0.2) is 13.8 Å². The van der Waals surface area contributed by atoms with Gasteiger partial charge >= 0.3 is 0 Å². The lowest BCUT2D eigenvalue weighted by atomic mass is 9.66. The highest BCUT2D eigenvalue weighted by atomic mass is 32.2. The summed E-state index contributed by atoms with van der Waals surface area (Å²) < 4.78 is 41.0. The molecule has 0 amide bonds. The Morgan fingerprint density at radius 1 is 1.05 bits per heavy atom. The van der Waals surface area contributed by atoms with Gasteiger partial charge in [-0.1, -0.05) is 19.9 Å². The summed E-state index contributed by atoms with van der Waals surface area (Å²) in [7, 11) is -2.07. The predicted octanol–water partition coefficient (Wildman–Crippen LogP) is 5.37. The smallest absolute Gasteiger partial charge is 0.135 e. The number of aryl methyl sites for hydroxylation is 1. The van der Waals surface area contributed by atoms with Crippen LogP contribution < -0.4 is 0 Å². The van der Waals surface area contributed by atoms with Gasteiger partial charge in [-0.15, -0.1) is 5.10 Å². The largest absolute Gasteiger partial charge is 0.268 e. The van der Waals surface area contributed by atoms with Crippen molar-refractivity contribution in [1.29, 1.82) is 0 Å². The van der Waals surface area contributed by atoms with Crippen molar-refractivity contribution < 1.29 is 13.0 Å². The van der Waals surface area contributed by atoms with E-state index < -0.39 is 26.6 Å². The Labute approximate surface area is 227 Å². The van der Waals surface area contributed by atoms with E-state index in [0.717, 1.165) is 41.1 Å². The summed E-state index contributed by atoms with van der Waals surface area (Å²) >= 11 is 0. The van der Waals surface area contributed by atoms with Crippen molar-refractivity contribution in [3.63, 3.8) is 0 Å². The number of fused-ring (bicyclic) bond motifs is 5. The molecule has 2 aliphatic rings. The molecule has 3 aromatic heterocycles. The molecule has 3 heterocycles. The molecular weight excluding hydrogens is 516 g/mol. The number of halogens is 2. The average molecular weight is 546 g/mol. The molecule has 2 aliphatic carbocycles. The topological polar surface area (TPSA) is 81.5 Å². The van der Waals surface area contributed by atoms with Crippen LogP contribution in [0.3, 0.4) is 0 Å². The molecule has 0 radical (unpaired) electrons. The third-order valence-electron chi connectivity index (χ3n) is 8.58. The van der Waals surface area contributed by atoms with Gasteiger partial charge in [-0.3, -0.25) is 14.2 Å². The van der Waals surface area contributed by atoms with Crippen molar-refractivity contribution in [2.24, 2.45) is 5.41 Å². The number of hydrogen-bond donors (Lipinski definition) is 0. The van der Waals surface area contributed by atoms with E-state index in [1.807, 2.05) is 12.1 Å².